The Morgan fingerprint density at radius 2 is 2.18 bits per heavy atom. The van der Waals surface area contributed by atoms with Crippen molar-refractivity contribution in [1.82, 2.24) is 4.98 Å². The minimum Gasteiger partial charge on any atom is -0.346 e. The molecule has 0 aliphatic rings. The van der Waals surface area contributed by atoms with Crippen molar-refractivity contribution >= 4 is 20.7 Å². The molecule has 0 spiro atoms. The average Bonchev–Trinajstić information content (AvgIpc) is 2.72. The minimum atomic E-state index is -3.35. The average molecular weight is 246 g/mol. The van der Waals surface area contributed by atoms with Gasteiger partial charge in [-0.25, -0.2) is 8.42 Å². The van der Waals surface area contributed by atoms with E-state index in [0.717, 1.165) is 0 Å². The Morgan fingerprint density at radius 3 is 2.82 bits per heavy atom. The van der Waals surface area contributed by atoms with Gasteiger partial charge in [-0.15, -0.1) is 6.58 Å². The van der Waals surface area contributed by atoms with Gasteiger partial charge >= 0.3 is 0 Å². The first-order valence-electron chi connectivity index (χ1n) is 4.93. The number of aromatic nitrogens is 1. The molecule has 0 fully saturated rings. The Labute approximate surface area is 99.1 Å². The molecule has 0 amide bonds. The Morgan fingerprint density at radius 1 is 1.41 bits per heavy atom. The quantitative estimate of drug-likeness (QED) is 0.842. The highest BCUT2D eigenvalue weighted by molar-refractivity contribution is 7.91. The molecule has 86 valence electrons. The molecule has 0 atom stereocenters. The Bertz CT molecular complexity index is 721. The van der Waals surface area contributed by atoms with Crippen molar-refractivity contribution in [3.05, 3.63) is 42.5 Å². The third-order valence-corrected chi connectivity index (χ3v) is 3.96. The summed E-state index contributed by atoms with van der Waals surface area (Å²) in [4.78, 5) is 2.83. The van der Waals surface area contributed by atoms with Crippen LogP contribution in [0.5, 0.6) is 0 Å². The van der Waals surface area contributed by atoms with Crippen LogP contribution in [0.3, 0.4) is 0 Å². The van der Waals surface area contributed by atoms with E-state index in [4.69, 9.17) is 5.26 Å². The maximum absolute atomic E-state index is 11.8. The summed E-state index contributed by atoms with van der Waals surface area (Å²) < 4.78 is 23.6. The van der Waals surface area contributed by atoms with Gasteiger partial charge in [0.25, 0.3) is 0 Å². The fraction of sp³-hybridized carbons (Fsp3) is 0.0833. The third kappa shape index (κ3) is 2.08. The molecule has 17 heavy (non-hydrogen) atoms. The number of fused-ring (bicyclic) bond motifs is 1. The van der Waals surface area contributed by atoms with Crippen LogP contribution < -0.4 is 0 Å². The lowest BCUT2D eigenvalue weighted by molar-refractivity contribution is 0.596. The molecule has 0 bridgehead atoms. The predicted molar refractivity (Wildman–Crippen MR) is 65.3 cm³/mol. The summed E-state index contributed by atoms with van der Waals surface area (Å²) in [5.41, 5.74) is 1.20. The smallest absolute Gasteiger partial charge is 0.197 e. The van der Waals surface area contributed by atoms with Gasteiger partial charge in [0, 0.05) is 10.9 Å². The number of nitriles is 1. The van der Waals surface area contributed by atoms with E-state index < -0.39 is 9.84 Å². The molecule has 2 rings (SSSR count). The van der Waals surface area contributed by atoms with Crippen LogP contribution in [0, 0.1) is 11.3 Å². The molecular formula is C12H10N2O2S. The van der Waals surface area contributed by atoms with Gasteiger partial charge in [0.15, 0.2) is 9.84 Å². The molecule has 0 saturated carbocycles. The van der Waals surface area contributed by atoms with E-state index in [0.29, 0.717) is 16.5 Å². The molecule has 0 unspecified atom stereocenters. The van der Waals surface area contributed by atoms with Gasteiger partial charge < -0.3 is 4.98 Å². The molecule has 4 nitrogen and oxygen atoms in total. The number of aromatic amines is 1. The largest absolute Gasteiger partial charge is 0.346 e. The van der Waals surface area contributed by atoms with E-state index >= 15 is 0 Å². The molecule has 1 N–H and O–H groups in total. The molecular weight excluding hydrogens is 236 g/mol. The highest BCUT2D eigenvalue weighted by atomic mass is 32.2. The van der Waals surface area contributed by atoms with Gasteiger partial charge in [0.2, 0.25) is 0 Å². The summed E-state index contributed by atoms with van der Waals surface area (Å²) in [6, 6.07) is 8.54. The predicted octanol–water partition coefficient (Wildman–Crippen LogP) is 2.00. The summed E-state index contributed by atoms with van der Waals surface area (Å²) in [7, 11) is -3.35. The molecule has 0 aliphatic heterocycles. The number of sulfone groups is 1. The third-order valence-electron chi connectivity index (χ3n) is 2.40. The summed E-state index contributed by atoms with van der Waals surface area (Å²) in [5.74, 6) is -0.106. The van der Waals surface area contributed by atoms with Gasteiger partial charge in [0.05, 0.1) is 17.4 Å². The molecule has 0 saturated heterocycles. The number of benzene rings is 1. The Kier molecular flexibility index (Phi) is 2.74. The molecule has 5 heteroatoms. The maximum atomic E-state index is 11.8. The van der Waals surface area contributed by atoms with Crippen molar-refractivity contribution in [2.75, 3.05) is 5.75 Å². The van der Waals surface area contributed by atoms with Crippen LogP contribution >= 0.6 is 0 Å². The van der Waals surface area contributed by atoms with Crippen molar-refractivity contribution in [1.29, 1.82) is 5.26 Å². The second kappa shape index (κ2) is 4.07. The maximum Gasteiger partial charge on any atom is 0.197 e. The molecule has 1 aromatic carbocycles. The number of hydrogen-bond donors (Lipinski definition) is 1. The fourth-order valence-corrected chi connectivity index (χ4v) is 2.65. The number of rotatable bonds is 3. The van der Waals surface area contributed by atoms with Crippen LogP contribution in [0.2, 0.25) is 0 Å². The van der Waals surface area contributed by atoms with Crippen LogP contribution in [-0.2, 0) is 9.84 Å². The monoisotopic (exact) mass is 246 g/mol. The van der Waals surface area contributed by atoms with Crippen LogP contribution in [0.25, 0.3) is 10.9 Å². The lowest BCUT2D eigenvalue weighted by atomic mass is 10.2. The Hall–Kier alpha value is -2.06. The number of nitrogens with zero attached hydrogens (tertiary/aromatic N) is 1. The summed E-state index contributed by atoms with van der Waals surface area (Å²) >= 11 is 0. The highest BCUT2D eigenvalue weighted by Gasteiger charge is 2.15. The second-order valence-corrected chi connectivity index (χ2v) is 5.62. The summed E-state index contributed by atoms with van der Waals surface area (Å²) in [5, 5.41) is 9.63. The van der Waals surface area contributed by atoms with Crippen LogP contribution in [0.15, 0.2) is 41.9 Å². The van der Waals surface area contributed by atoms with E-state index in [1.54, 1.807) is 18.2 Å². The zero-order valence-electron chi connectivity index (χ0n) is 8.97. The first kappa shape index (κ1) is 11.4. The van der Waals surface area contributed by atoms with E-state index in [-0.39, 0.29) is 10.8 Å². The van der Waals surface area contributed by atoms with E-state index in [9.17, 15) is 8.42 Å². The highest BCUT2D eigenvalue weighted by Crippen LogP contribution is 2.20. The molecule has 2 aromatic rings. The van der Waals surface area contributed by atoms with Gasteiger partial charge in [-0.05, 0) is 24.3 Å². The first-order valence-corrected chi connectivity index (χ1v) is 6.58. The fourth-order valence-electron chi connectivity index (χ4n) is 1.59. The van der Waals surface area contributed by atoms with Gasteiger partial charge in [0.1, 0.15) is 5.03 Å². The van der Waals surface area contributed by atoms with Gasteiger partial charge in [-0.3, -0.25) is 0 Å². The standard InChI is InChI=1S/C12H10N2O2S/c1-2-5-17(15,16)12-7-10-6-9(8-13)3-4-11(10)14-12/h2-4,6-7,14H,1,5H2. The second-order valence-electron chi connectivity index (χ2n) is 3.62. The topological polar surface area (TPSA) is 73.7 Å². The van der Waals surface area contributed by atoms with Crippen molar-refractivity contribution < 1.29 is 8.42 Å². The van der Waals surface area contributed by atoms with Crippen molar-refractivity contribution in [3.63, 3.8) is 0 Å². The van der Waals surface area contributed by atoms with Crippen molar-refractivity contribution in [2.24, 2.45) is 0 Å². The first-order chi connectivity index (χ1) is 8.06. The van der Waals surface area contributed by atoms with Gasteiger partial charge in [-0.1, -0.05) is 6.08 Å². The summed E-state index contributed by atoms with van der Waals surface area (Å²) in [6.45, 7) is 3.42. The van der Waals surface area contributed by atoms with E-state index in [1.807, 2.05) is 6.07 Å². The molecule has 1 aromatic heterocycles. The number of H-pyrrole nitrogens is 1. The normalized spacial score (nSPS) is 11.2. The van der Waals surface area contributed by atoms with E-state index in [2.05, 4.69) is 11.6 Å². The lowest BCUT2D eigenvalue weighted by Crippen LogP contribution is -2.04. The molecule has 1 heterocycles. The SMILES string of the molecule is C=CCS(=O)(=O)c1cc2cc(C#N)ccc2[nH]1. The van der Waals surface area contributed by atoms with E-state index in [1.165, 1.54) is 12.1 Å². The summed E-state index contributed by atoms with van der Waals surface area (Å²) in [6.07, 6.45) is 1.35. The van der Waals surface area contributed by atoms with Crippen molar-refractivity contribution in [3.8, 4) is 6.07 Å². The number of hydrogen-bond acceptors (Lipinski definition) is 3. The minimum absolute atomic E-state index is 0.106. The van der Waals surface area contributed by atoms with Crippen LogP contribution in [0.1, 0.15) is 5.56 Å². The number of nitrogens with one attached hydrogen (secondary N) is 1. The Balaban J connectivity index is 2.60. The van der Waals surface area contributed by atoms with Crippen LogP contribution in [0.4, 0.5) is 0 Å². The van der Waals surface area contributed by atoms with Crippen molar-refractivity contribution in [2.45, 2.75) is 5.03 Å². The zero-order valence-corrected chi connectivity index (χ0v) is 9.79. The molecule has 0 aliphatic carbocycles. The molecule has 0 radical (unpaired) electrons. The van der Waals surface area contributed by atoms with Crippen LogP contribution in [-0.4, -0.2) is 19.2 Å². The lowest BCUT2D eigenvalue weighted by Gasteiger charge is -1.95. The zero-order chi connectivity index (χ0) is 12.5. The van der Waals surface area contributed by atoms with Gasteiger partial charge in [-0.2, -0.15) is 5.26 Å².